The van der Waals surface area contributed by atoms with Crippen molar-refractivity contribution in [3.8, 4) is 5.75 Å². The lowest BCUT2D eigenvalue weighted by Gasteiger charge is -2.34. The number of carbonyl (C=O) groups is 1. The van der Waals surface area contributed by atoms with Crippen molar-refractivity contribution in [3.05, 3.63) is 58.9 Å². The van der Waals surface area contributed by atoms with E-state index in [4.69, 9.17) is 4.74 Å². The lowest BCUT2D eigenvalue weighted by atomic mass is 10.0. The Morgan fingerprint density at radius 3 is 2.70 bits per heavy atom. The van der Waals surface area contributed by atoms with Gasteiger partial charge in [-0.15, -0.1) is 0 Å². The Kier molecular flexibility index (Phi) is 7.44. The van der Waals surface area contributed by atoms with Crippen molar-refractivity contribution in [3.63, 3.8) is 0 Å². The second kappa shape index (κ2) is 10.7. The molecule has 2 aliphatic heterocycles. The van der Waals surface area contributed by atoms with Crippen molar-refractivity contribution < 1.29 is 18.7 Å². The molecule has 4 rings (SSSR count). The molecule has 7 nitrogen and oxygen atoms in total. The average Bonchev–Trinajstić information content (AvgIpc) is 2.87. The lowest BCUT2D eigenvalue weighted by molar-refractivity contribution is 0.0600. The Bertz CT molecular complexity index is 1020. The Balaban J connectivity index is 1.37. The summed E-state index contributed by atoms with van der Waals surface area (Å²) in [6.07, 6.45) is 2.86. The molecule has 2 heterocycles. The maximum Gasteiger partial charge on any atom is 0.337 e. The molecule has 0 aromatic heterocycles. The monoisotopic (exact) mass is 454 g/mol. The van der Waals surface area contributed by atoms with Crippen LogP contribution in [-0.2, 0) is 11.3 Å². The number of hydrogen-bond acceptors (Lipinski definition) is 7. The molecule has 0 bridgehead atoms. The predicted octanol–water partition coefficient (Wildman–Crippen LogP) is 3.12. The standard InChI is InChI=1S/C25H31FN4O3/c1-32-20-6-4-18(21(15-20)24-27-10-3-11-28-24)16-29-19-8-12-30(13-9-19)23-7-5-17(14-22(23)26)25(31)33-2/h4-7,14-15,19,29H,3,8-13,16H2,1-2H3,(H,27,28). The molecule has 0 atom stereocenters. The van der Waals surface area contributed by atoms with Gasteiger partial charge in [0.1, 0.15) is 17.4 Å². The number of aliphatic imine (C=N–C) groups is 1. The smallest absolute Gasteiger partial charge is 0.337 e. The third kappa shape index (κ3) is 5.45. The van der Waals surface area contributed by atoms with Gasteiger partial charge in [-0.2, -0.15) is 0 Å². The SMILES string of the molecule is COC(=O)c1ccc(N2CCC(NCc3ccc(OC)cc3C3=NCCCN3)CC2)c(F)c1. The number of nitrogens with zero attached hydrogens (tertiary/aromatic N) is 2. The quantitative estimate of drug-likeness (QED) is 0.627. The fourth-order valence-corrected chi connectivity index (χ4v) is 4.36. The molecule has 176 valence electrons. The molecule has 2 aliphatic rings. The second-order valence-electron chi connectivity index (χ2n) is 8.33. The van der Waals surface area contributed by atoms with Crippen molar-refractivity contribution in [2.75, 3.05) is 45.3 Å². The largest absolute Gasteiger partial charge is 0.497 e. The first-order valence-electron chi connectivity index (χ1n) is 11.4. The fourth-order valence-electron chi connectivity index (χ4n) is 4.36. The molecule has 1 fully saturated rings. The third-order valence-electron chi connectivity index (χ3n) is 6.26. The second-order valence-corrected chi connectivity index (χ2v) is 8.33. The summed E-state index contributed by atoms with van der Waals surface area (Å²) in [6, 6.07) is 11.0. The molecule has 0 unspecified atom stereocenters. The highest BCUT2D eigenvalue weighted by molar-refractivity contribution is 6.00. The molecule has 2 N–H and O–H groups in total. The highest BCUT2D eigenvalue weighted by Gasteiger charge is 2.22. The molecule has 1 saturated heterocycles. The number of ether oxygens (including phenoxy) is 2. The Labute approximate surface area is 194 Å². The van der Waals surface area contributed by atoms with Crippen molar-refractivity contribution in [1.82, 2.24) is 10.6 Å². The molecular weight excluding hydrogens is 423 g/mol. The number of anilines is 1. The number of carbonyl (C=O) groups excluding carboxylic acids is 1. The highest BCUT2D eigenvalue weighted by Crippen LogP contribution is 2.25. The van der Waals surface area contributed by atoms with Crippen LogP contribution in [0.15, 0.2) is 41.4 Å². The van der Waals surface area contributed by atoms with Crippen LogP contribution in [0, 0.1) is 5.82 Å². The van der Waals surface area contributed by atoms with Gasteiger partial charge in [-0.05, 0) is 55.2 Å². The van der Waals surface area contributed by atoms with Crippen LogP contribution in [0.25, 0.3) is 0 Å². The Morgan fingerprint density at radius 1 is 1.21 bits per heavy atom. The number of methoxy groups -OCH3 is 2. The van der Waals surface area contributed by atoms with E-state index < -0.39 is 11.8 Å². The van der Waals surface area contributed by atoms with Crippen LogP contribution in [-0.4, -0.2) is 58.2 Å². The normalized spacial score (nSPS) is 16.7. The van der Waals surface area contributed by atoms with Gasteiger partial charge < -0.3 is 25.0 Å². The first-order chi connectivity index (χ1) is 16.1. The zero-order chi connectivity index (χ0) is 23.2. The van der Waals surface area contributed by atoms with Gasteiger partial charge in [0.15, 0.2) is 0 Å². The van der Waals surface area contributed by atoms with E-state index in [0.29, 0.717) is 11.7 Å². The zero-order valence-electron chi connectivity index (χ0n) is 19.2. The van der Waals surface area contributed by atoms with Gasteiger partial charge in [0.25, 0.3) is 0 Å². The van der Waals surface area contributed by atoms with Crippen molar-refractivity contribution in [1.29, 1.82) is 0 Å². The summed E-state index contributed by atoms with van der Waals surface area (Å²) in [5, 5.41) is 7.07. The molecule has 2 aromatic carbocycles. The Morgan fingerprint density at radius 2 is 2.03 bits per heavy atom. The van der Waals surface area contributed by atoms with E-state index in [9.17, 15) is 9.18 Å². The minimum Gasteiger partial charge on any atom is -0.497 e. The summed E-state index contributed by atoms with van der Waals surface area (Å²) in [6.45, 7) is 3.99. The number of piperidine rings is 1. The van der Waals surface area contributed by atoms with E-state index in [1.54, 1.807) is 19.2 Å². The van der Waals surface area contributed by atoms with Gasteiger partial charge >= 0.3 is 5.97 Å². The number of rotatable bonds is 7. The Hall–Kier alpha value is -3.13. The third-order valence-corrected chi connectivity index (χ3v) is 6.26. The van der Waals surface area contributed by atoms with Crippen LogP contribution in [0.2, 0.25) is 0 Å². The molecule has 8 heteroatoms. The summed E-state index contributed by atoms with van der Waals surface area (Å²) in [5.41, 5.74) is 3.00. The summed E-state index contributed by atoms with van der Waals surface area (Å²) >= 11 is 0. The van der Waals surface area contributed by atoms with E-state index in [2.05, 4.69) is 26.4 Å². The molecule has 0 aliphatic carbocycles. The van der Waals surface area contributed by atoms with Gasteiger partial charge in [-0.3, -0.25) is 4.99 Å². The number of nitrogens with one attached hydrogen (secondary N) is 2. The highest BCUT2D eigenvalue weighted by atomic mass is 19.1. The van der Waals surface area contributed by atoms with Crippen molar-refractivity contribution in [2.24, 2.45) is 4.99 Å². The van der Waals surface area contributed by atoms with Crippen LogP contribution in [0.3, 0.4) is 0 Å². The van der Waals surface area contributed by atoms with E-state index in [1.807, 2.05) is 17.0 Å². The van der Waals surface area contributed by atoms with Gasteiger partial charge in [-0.1, -0.05) is 6.07 Å². The van der Waals surface area contributed by atoms with Crippen molar-refractivity contribution in [2.45, 2.75) is 31.8 Å². The summed E-state index contributed by atoms with van der Waals surface area (Å²) in [7, 11) is 2.96. The van der Waals surface area contributed by atoms with Gasteiger partial charge in [0.2, 0.25) is 0 Å². The van der Waals surface area contributed by atoms with E-state index in [1.165, 1.54) is 18.7 Å². The first-order valence-corrected chi connectivity index (χ1v) is 11.4. The van der Waals surface area contributed by atoms with Crippen molar-refractivity contribution >= 4 is 17.5 Å². The van der Waals surface area contributed by atoms with Gasteiger partial charge in [-0.25, -0.2) is 9.18 Å². The van der Waals surface area contributed by atoms with Crippen LogP contribution >= 0.6 is 0 Å². The van der Waals surface area contributed by atoms with Gasteiger partial charge in [0.05, 0.1) is 25.5 Å². The number of halogens is 1. The fraction of sp³-hybridized carbons (Fsp3) is 0.440. The summed E-state index contributed by atoms with van der Waals surface area (Å²) in [5.74, 6) is 0.818. The molecule has 0 amide bonds. The molecule has 2 aromatic rings. The lowest BCUT2D eigenvalue weighted by Crippen LogP contribution is -2.42. The zero-order valence-corrected chi connectivity index (χ0v) is 19.2. The molecule has 0 spiro atoms. The van der Waals surface area contributed by atoms with E-state index in [-0.39, 0.29) is 5.56 Å². The number of benzene rings is 2. The van der Waals surface area contributed by atoms with Crippen LogP contribution in [0.5, 0.6) is 5.75 Å². The number of hydrogen-bond donors (Lipinski definition) is 2. The molecule has 0 radical (unpaired) electrons. The minimum atomic E-state index is -0.532. The number of amidine groups is 1. The number of esters is 1. The minimum absolute atomic E-state index is 0.225. The van der Waals surface area contributed by atoms with E-state index >= 15 is 0 Å². The summed E-state index contributed by atoms with van der Waals surface area (Å²) in [4.78, 5) is 18.3. The summed E-state index contributed by atoms with van der Waals surface area (Å²) < 4.78 is 24.7. The molecular formula is C25H31FN4O3. The van der Waals surface area contributed by atoms with Crippen LogP contribution < -0.4 is 20.3 Å². The van der Waals surface area contributed by atoms with E-state index in [0.717, 1.165) is 69.1 Å². The maximum absolute atomic E-state index is 14.6. The first kappa shape index (κ1) is 23.0. The van der Waals surface area contributed by atoms with Crippen LogP contribution in [0.4, 0.5) is 10.1 Å². The average molecular weight is 455 g/mol. The predicted molar refractivity (Wildman–Crippen MR) is 127 cm³/mol. The molecule has 0 saturated carbocycles. The molecule has 33 heavy (non-hydrogen) atoms. The van der Waals surface area contributed by atoms with Gasteiger partial charge in [0, 0.05) is 44.3 Å². The maximum atomic E-state index is 14.6. The topological polar surface area (TPSA) is 75.2 Å². The van der Waals surface area contributed by atoms with Crippen LogP contribution in [0.1, 0.15) is 40.7 Å².